The molecule has 1 aromatic carbocycles. The molecule has 2 bridgehead atoms. The van der Waals surface area contributed by atoms with Crippen LogP contribution >= 0.6 is 0 Å². The third-order valence-electron chi connectivity index (χ3n) is 6.85. The second kappa shape index (κ2) is 4.41. The van der Waals surface area contributed by atoms with Crippen LogP contribution in [0.15, 0.2) is 12.1 Å². The number of aromatic hydroxyl groups is 1. The van der Waals surface area contributed by atoms with Gasteiger partial charge >= 0.3 is 0 Å². The Kier molecular flexibility index (Phi) is 2.70. The lowest BCUT2D eigenvalue weighted by Gasteiger charge is -2.59. The molecule has 5 heteroatoms. The van der Waals surface area contributed by atoms with E-state index in [1.165, 1.54) is 11.1 Å². The first kappa shape index (κ1) is 14.1. The highest BCUT2D eigenvalue weighted by molar-refractivity contribution is 5.60. The van der Waals surface area contributed by atoms with E-state index in [1.54, 1.807) is 6.07 Å². The fraction of sp³-hybridized carbons (Fsp3) is 0.667. The molecule has 4 aliphatic rings. The summed E-state index contributed by atoms with van der Waals surface area (Å²) in [6, 6.07) is 4.18. The molecule has 2 aliphatic carbocycles. The van der Waals surface area contributed by atoms with Gasteiger partial charge in [0.2, 0.25) is 0 Å². The summed E-state index contributed by atoms with van der Waals surface area (Å²) in [5.74, 6) is 1.30. The van der Waals surface area contributed by atoms with E-state index < -0.39 is 6.10 Å². The van der Waals surface area contributed by atoms with E-state index in [9.17, 15) is 10.2 Å². The molecule has 23 heavy (non-hydrogen) atoms. The Morgan fingerprint density at radius 2 is 2.22 bits per heavy atom. The molecule has 1 saturated heterocycles. The van der Waals surface area contributed by atoms with Crippen LogP contribution in [-0.4, -0.2) is 46.1 Å². The maximum atomic E-state index is 10.6. The quantitative estimate of drug-likeness (QED) is 0.723. The van der Waals surface area contributed by atoms with Crippen LogP contribution in [0.2, 0.25) is 0 Å². The number of phenols is 1. The van der Waals surface area contributed by atoms with Gasteiger partial charge < -0.3 is 20.7 Å². The highest BCUT2D eigenvalue weighted by atomic mass is 16.5. The number of ether oxygens (including phenoxy) is 1. The van der Waals surface area contributed by atoms with Gasteiger partial charge in [-0.25, -0.2) is 0 Å². The number of hydrogen-bond acceptors (Lipinski definition) is 5. The van der Waals surface area contributed by atoms with E-state index >= 15 is 0 Å². The van der Waals surface area contributed by atoms with E-state index in [2.05, 4.69) is 11.8 Å². The summed E-state index contributed by atoms with van der Waals surface area (Å²) >= 11 is 0. The molecule has 0 amide bonds. The average Bonchev–Trinajstić information content (AvgIpc) is 2.86. The monoisotopic (exact) mass is 316 g/mol. The zero-order chi connectivity index (χ0) is 15.9. The Morgan fingerprint density at radius 1 is 1.39 bits per heavy atom. The first-order chi connectivity index (χ1) is 11.0. The molecular weight excluding hydrogens is 292 g/mol. The van der Waals surface area contributed by atoms with Crippen LogP contribution in [-0.2, 0) is 11.8 Å². The van der Waals surface area contributed by atoms with Crippen molar-refractivity contribution < 1.29 is 14.9 Å². The van der Waals surface area contributed by atoms with Crippen LogP contribution < -0.4 is 10.5 Å². The maximum absolute atomic E-state index is 10.6. The summed E-state index contributed by atoms with van der Waals surface area (Å²) < 4.78 is 6.17. The molecule has 2 aliphatic heterocycles. The zero-order valence-corrected chi connectivity index (χ0v) is 13.4. The first-order valence-corrected chi connectivity index (χ1v) is 8.75. The van der Waals surface area contributed by atoms with Gasteiger partial charge in [0.05, 0.1) is 12.3 Å². The predicted molar refractivity (Wildman–Crippen MR) is 85.4 cm³/mol. The van der Waals surface area contributed by atoms with Crippen molar-refractivity contribution in [2.75, 3.05) is 6.54 Å². The van der Waals surface area contributed by atoms with Gasteiger partial charge in [-0.15, -0.1) is 0 Å². The van der Waals surface area contributed by atoms with Crippen molar-refractivity contribution in [2.24, 2.45) is 11.7 Å². The fourth-order valence-corrected chi connectivity index (χ4v) is 6.05. The van der Waals surface area contributed by atoms with Gasteiger partial charge in [-0.05, 0) is 50.2 Å². The van der Waals surface area contributed by atoms with Crippen molar-refractivity contribution in [3.63, 3.8) is 0 Å². The number of likely N-dealkylation sites (tertiary alicyclic amines) is 1. The Labute approximate surface area is 136 Å². The van der Waals surface area contributed by atoms with Crippen molar-refractivity contribution in [3.05, 3.63) is 23.3 Å². The summed E-state index contributed by atoms with van der Waals surface area (Å²) in [4.78, 5) is 2.43. The lowest BCUT2D eigenvalue weighted by molar-refractivity contribution is -0.110. The molecule has 2 heterocycles. The number of rotatable bonds is 1. The van der Waals surface area contributed by atoms with Gasteiger partial charge in [0.15, 0.2) is 11.5 Å². The highest BCUT2D eigenvalue weighted by Crippen LogP contribution is 2.63. The Bertz CT molecular complexity index is 676. The largest absolute Gasteiger partial charge is 0.504 e. The van der Waals surface area contributed by atoms with Crippen LogP contribution in [0.4, 0.5) is 0 Å². The van der Waals surface area contributed by atoms with Crippen molar-refractivity contribution >= 4 is 0 Å². The summed E-state index contributed by atoms with van der Waals surface area (Å²) in [6.45, 7) is 3.00. The van der Waals surface area contributed by atoms with Gasteiger partial charge in [-0.1, -0.05) is 6.07 Å². The predicted octanol–water partition coefficient (Wildman–Crippen LogP) is 1.10. The second-order valence-electron chi connectivity index (χ2n) is 7.78. The Balaban J connectivity index is 1.75. The lowest BCUT2D eigenvalue weighted by Crippen LogP contribution is -2.68. The van der Waals surface area contributed by atoms with Crippen molar-refractivity contribution in [2.45, 2.75) is 62.4 Å². The highest BCUT2D eigenvalue weighted by Gasteiger charge is 2.65. The number of nitrogens with two attached hydrogens (primary N) is 1. The molecule has 1 spiro atoms. The normalized spacial score (nSPS) is 42.0. The lowest BCUT2D eigenvalue weighted by atomic mass is 9.51. The van der Waals surface area contributed by atoms with Gasteiger partial charge in [0.25, 0.3) is 0 Å². The molecule has 5 nitrogen and oxygen atoms in total. The molecule has 6 atom stereocenters. The second-order valence-corrected chi connectivity index (χ2v) is 7.78. The third-order valence-corrected chi connectivity index (χ3v) is 6.85. The summed E-state index contributed by atoms with van der Waals surface area (Å²) in [6.07, 6.45) is 3.05. The summed E-state index contributed by atoms with van der Waals surface area (Å²) in [5.41, 5.74) is 8.55. The van der Waals surface area contributed by atoms with Crippen molar-refractivity contribution in [1.29, 1.82) is 0 Å². The number of piperidine rings is 1. The minimum atomic E-state index is -0.452. The number of benzene rings is 1. The van der Waals surface area contributed by atoms with E-state index in [4.69, 9.17) is 10.5 Å². The van der Waals surface area contributed by atoms with E-state index in [0.717, 1.165) is 32.2 Å². The van der Waals surface area contributed by atoms with Crippen LogP contribution in [0.3, 0.4) is 0 Å². The van der Waals surface area contributed by atoms with E-state index in [-0.39, 0.29) is 23.4 Å². The standard InChI is InChI=1S/C18H24N2O3/c1-9(19)20-7-6-18-11-3-5-14(22)17(18)23-16-13(21)4-2-10(15(16)18)8-12(11)20/h2,4,9,11-12,14,17,21-22H,3,5-8,19H2,1H3/t9-,11?,12-,14?,17+,18+/m1/s1. The van der Waals surface area contributed by atoms with Crippen molar-refractivity contribution in [1.82, 2.24) is 4.90 Å². The number of hydrogen-bond donors (Lipinski definition) is 3. The van der Waals surface area contributed by atoms with Crippen LogP contribution in [0.5, 0.6) is 11.5 Å². The number of aliphatic hydroxyl groups excluding tert-OH is 1. The number of nitrogens with zero attached hydrogens (tertiary/aromatic N) is 1. The number of phenolic OH excluding ortho intramolecular Hbond substituents is 1. The van der Waals surface area contributed by atoms with Crippen LogP contribution in [0.1, 0.15) is 37.3 Å². The number of aliphatic hydroxyl groups is 1. The molecule has 2 unspecified atom stereocenters. The van der Waals surface area contributed by atoms with Crippen LogP contribution in [0, 0.1) is 5.92 Å². The maximum Gasteiger partial charge on any atom is 0.165 e. The van der Waals surface area contributed by atoms with E-state index in [1.807, 2.05) is 6.07 Å². The van der Waals surface area contributed by atoms with Gasteiger partial charge in [-0.2, -0.15) is 0 Å². The molecule has 1 aromatic rings. The topological polar surface area (TPSA) is 79.0 Å². The fourth-order valence-electron chi connectivity index (χ4n) is 6.05. The Morgan fingerprint density at radius 3 is 3.00 bits per heavy atom. The minimum absolute atomic E-state index is 0.0445. The first-order valence-electron chi connectivity index (χ1n) is 8.75. The zero-order valence-electron chi connectivity index (χ0n) is 13.4. The molecule has 1 saturated carbocycles. The SMILES string of the molecule is C[C@H](N)N1CC[C@]23c4c5ccc(O)c4O[C@H]2C(O)CCC3[C@H]1C5. The molecule has 0 aromatic heterocycles. The van der Waals surface area contributed by atoms with Gasteiger partial charge in [0, 0.05) is 23.6 Å². The molecule has 5 rings (SSSR count). The summed E-state index contributed by atoms with van der Waals surface area (Å²) in [5, 5.41) is 20.9. The smallest absolute Gasteiger partial charge is 0.165 e. The van der Waals surface area contributed by atoms with Crippen molar-refractivity contribution in [3.8, 4) is 11.5 Å². The molecule has 0 radical (unpaired) electrons. The van der Waals surface area contributed by atoms with Crippen LogP contribution in [0.25, 0.3) is 0 Å². The van der Waals surface area contributed by atoms with E-state index in [0.29, 0.717) is 17.7 Å². The summed E-state index contributed by atoms with van der Waals surface area (Å²) in [7, 11) is 0. The van der Waals surface area contributed by atoms with Gasteiger partial charge in [-0.3, -0.25) is 4.90 Å². The third kappa shape index (κ3) is 1.53. The Hall–Kier alpha value is -1.30. The molecule has 124 valence electrons. The molecule has 2 fully saturated rings. The molecular formula is C18H24N2O3. The molecule has 4 N–H and O–H groups in total. The minimum Gasteiger partial charge on any atom is -0.504 e. The van der Waals surface area contributed by atoms with Gasteiger partial charge in [0.1, 0.15) is 6.10 Å². The average molecular weight is 316 g/mol.